The third kappa shape index (κ3) is 3.78. The van der Waals surface area contributed by atoms with Gasteiger partial charge in [-0.3, -0.25) is 4.98 Å². The van der Waals surface area contributed by atoms with E-state index in [1.165, 1.54) is 22.8 Å². The Morgan fingerprint density at radius 1 is 1.18 bits per heavy atom. The summed E-state index contributed by atoms with van der Waals surface area (Å²) in [4.78, 5) is 13.4. The topological polar surface area (TPSA) is 64.9 Å². The van der Waals surface area contributed by atoms with Gasteiger partial charge in [-0.25, -0.2) is 9.97 Å². The lowest BCUT2D eigenvalue weighted by Crippen LogP contribution is -2.18. The summed E-state index contributed by atoms with van der Waals surface area (Å²) in [6, 6.07) is 10.9. The first kappa shape index (κ1) is 21.9. The molecule has 1 N–H and O–H groups in total. The van der Waals surface area contributed by atoms with Crippen LogP contribution in [0.25, 0.3) is 21.9 Å². The van der Waals surface area contributed by atoms with Crippen molar-refractivity contribution in [2.45, 2.75) is 64.7 Å². The molecule has 6 rings (SSSR count). The zero-order chi connectivity index (χ0) is 21.9. The molecule has 2 aliphatic heterocycles. The van der Waals surface area contributed by atoms with Crippen molar-refractivity contribution in [2.75, 3.05) is 11.9 Å². The number of hydrogen-bond acceptors (Lipinski definition) is 5. The predicted molar refractivity (Wildman–Crippen MR) is 134 cm³/mol. The van der Waals surface area contributed by atoms with Crippen LogP contribution in [0.15, 0.2) is 42.9 Å². The molecule has 5 heterocycles. The van der Waals surface area contributed by atoms with E-state index in [9.17, 15) is 0 Å². The molecular formula is C26H30BN5O. The number of nitrogens with zero attached hydrogens (tertiary/aromatic N) is 4. The fourth-order valence-corrected chi connectivity index (χ4v) is 5.07. The summed E-state index contributed by atoms with van der Waals surface area (Å²) in [5.74, 6) is 1.03. The molecule has 6 nitrogen and oxygen atoms in total. The van der Waals surface area contributed by atoms with Gasteiger partial charge in [0.25, 0.3) is 0 Å². The smallest absolute Gasteiger partial charge is 0.144 e. The van der Waals surface area contributed by atoms with E-state index in [4.69, 9.17) is 17.6 Å². The molecule has 1 aromatic carbocycles. The summed E-state index contributed by atoms with van der Waals surface area (Å²) in [6.45, 7) is 5.47. The van der Waals surface area contributed by atoms with Gasteiger partial charge in [0.15, 0.2) is 0 Å². The van der Waals surface area contributed by atoms with Crippen molar-refractivity contribution >= 4 is 41.2 Å². The van der Waals surface area contributed by atoms with Crippen molar-refractivity contribution in [1.29, 1.82) is 0 Å². The molecule has 2 atom stereocenters. The largest absolute Gasteiger partial charge is 0.369 e. The van der Waals surface area contributed by atoms with Crippen LogP contribution in [-0.4, -0.2) is 40.0 Å². The number of fused-ring (bicyclic) bond motifs is 3. The Bertz CT molecular complexity index is 1330. The molecule has 4 aromatic rings. The van der Waals surface area contributed by atoms with E-state index in [0.717, 1.165) is 54.6 Å². The number of nitrogens with one attached hydrogen (secondary N) is 1. The number of aryl methyl sites for hydroxylation is 1. The van der Waals surface area contributed by atoms with Gasteiger partial charge in [0, 0.05) is 40.1 Å². The molecule has 7 heteroatoms. The normalized spacial score (nSPS) is 21.2. The average Bonchev–Trinajstić information content (AvgIpc) is 3.49. The van der Waals surface area contributed by atoms with Crippen LogP contribution >= 0.6 is 0 Å². The molecular weight excluding hydrogens is 409 g/mol. The molecule has 1 fully saturated rings. The van der Waals surface area contributed by atoms with Crippen molar-refractivity contribution in [3.63, 3.8) is 0 Å². The molecule has 168 valence electrons. The predicted octanol–water partition coefficient (Wildman–Crippen LogP) is 4.42. The maximum atomic E-state index is 6.38. The molecule has 2 aliphatic rings. The minimum atomic E-state index is 0. The molecule has 0 bridgehead atoms. The Hall–Kier alpha value is -2.93. The number of anilines is 1. The van der Waals surface area contributed by atoms with Gasteiger partial charge in [0.1, 0.15) is 31.9 Å². The molecule has 0 spiro atoms. The van der Waals surface area contributed by atoms with Gasteiger partial charge in [0.2, 0.25) is 0 Å². The van der Waals surface area contributed by atoms with Gasteiger partial charge >= 0.3 is 0 Å². The van der Waals surface area contributed by atoms with Crippen LogP contribution in [0.3, 0.4) is 0 Å². The quantitative estimate of drug-likeness (QED) is 0.477. The van der Waals surface area contributed by atoms with E-state index in [1.807, 2.05) is 12.3 Å². The third-order valence-electron chi connectivity index (χ3n) is 7.00. The first-order chi connectivity index (χ1) is 15.5. The zero-order valence-corrected chi connectivity index (χ0v) is 18.5. The van der Waals surface area contributed by atoms with E-state index in [0.29, 0.717) is 5.59 Å². The fourth-order valence-electron chi connectivity index (χ4n) is 5.07. The SMILES string of the molecule is C.[B]c1ncnc2c1ccn2C1CCC(CCc2ccc3cc4c(nc3c2)NCC4(C)C)O1. The van der Waals surface area contributed by atoms with E-state index in [-0.39, 0.29) is 25.2 Å². The van der Waals surface area contributed by atoms with Crippen LogP contribution in [0, 0.1) is 0 Å². The molecule has 3 aromatic heterocycles. The van der Waals surface area contributed by atoms with Crippen molar-refractivity contribution in [3.8, 4) is 0 Å². The summed E-state index contributed by atoms with van der Waals surface area (Å²) < 4.78 is 8.47. The van der Waals surface area contributed by atoms with E-state index in [2.05, 4.69) is 58.0 Å². The number of hydrogen-bond donors (Lipinski definition) is 1. The Morgan fingerprint density at radius 3 is 2.94 bits per heavy atom. The monoisotopic (exact) mass is 439 g/mol. The highest BCUT2D eigenvalue weighted by Gasteiger charge is 2.31. The van der Waals surface area contributed by atoms with Gasteiger partial charge in [-0.05, 0) is 49.4 Å². The first-order valence-corrected chi connectivity index (χ1v) is 11.4. The molecule has 0 aliphatic carbocycles. The minimum Gasteiger partial charge on any atom is -0.369 e. The molecule has 0 saturated carbocycles. The van der Waals surface area contributed by atoms with E-state index >= 15 is 0 Å². The van der Waals surface area contributed by atoms with Gasteiger partial charge in [-0.2, -0.15) is 0 Å². The molecule has 0 amide bonds. The second-order valence-electron chi connectivity index (χ2n) is 9.70. The van der Waals surface area contributed by atoms with Gasteiger partial charge < -0.3 is 14.6 Å². The summed E-state index contributed by atoms with van der Waals surface area (Å²) in [5.41, 5.74) is 5.17. The number of ether oxygens (including phenoxy) is 1. The lowest BCUT2D eigenvalue weighted by atomic mass is 9.87. The van der Waals surface area contributed by atoms with Gasteiger partial charge in [-0.15, -0.1) is 0 Å². The highest BCUT2D eigenvalue weighted by molar-refractivity contribution is 6.36. The fraction of sp³-hybridized carbons (Fsp3) is 0.423. The Balaban J connectivity index is 0.00000228. The maximum Gasteiger partial charge on any atom is 0.144 e. The standard InChI is InChI=1S/C25H26BN5O.CH4/c1-25(2)13-27-23-19(25)12-16-5-3-15(11-20(16)30-23)4-6-17-7-8-21(32-17)31-10-9-18-22(26)28-14-29-24(18)31;/h3,5,9-12,14,17,21H,4,6-8,13H2,1-2H3,(H,27,30);1H4. The zero-order valence-electron chi connectivity index (χ0n) is 18.5. The number of rotatable bonds is 4. The summed E-state index contributed by atoms with van der Waals surface area (Å²) >= 11 is 0. The van der Waals surface area contributed by atoms with Crippen LogP contribution < -0.4 is 10.9 Å². The number of pyridine rings is 1. The lowest BCUT2D eigenvalue weighted by molar-refractivity contribution is 0.00120. The van der Waals surface area contributed by atoms with Crippen LogP contribution in [0.5, 0.6) is 0 Å². The Morgan fingerprint density at radius 2 is 2.06 bits per heavy atom. The van der Waals surface area contributed by atoms with Crippen molar-refractivity contribution in [3.05, 3.63) is 54.0 Å². The molecule has 2 radical (unpaired) electrons. The number of aromatic nitrogens is 4. The lowest BCUT2D eigenvalue weighted by Gasteiger charge is -2.17. The summed E-state index contributed by atoms with van der Waals surface area (Å²) in [7, 11) is 5.98. The highest BCUT2D eigenvalue weighted by atomic mass is 16.5. The van der Waals surface area contributed by atoms with Crippen molar-refractivity contribution in [2.24, 2.45) is 0 Å². The van der Waals surface area contributed by atoms with Crippen molar-refractivity contribution < 1.29 is 4.74 Å². The molecule has 2 unspecified atom stereocenters. The second kappa shape index (κ2) is 8.14. The van der Waals surface area contributed by atoms with Gasteiger partial charge in [-0.1, -0.05) is 33.4 Å². The number of benzene rings is 1. The Kier molecular flexibility index (Phi) is 5.40. The minimum absolute atomic E-state index is 0. The van der Waals surface area contributed by atoms with E-state index in [1.54, 1.807) is 0 Å². The average molecular weight is 439 g/mol. The highest BCUT2D eigenvalue weighted by Crippen LogP contribution is 2.37. The second-order valence-corrected chi connectivity index (χ2v) is 9.70. The maximum absolute atomic E-state index is 6.38. The molecule has 1 saturated heterocycles. The third-order valence-corrected chi connectivity index (χ3v) is 7.00. The van der Waals surface area contributed by atoms with Crippen molar-refractivity contribution in [1.82, 2.24) is 19.5 Å². The van der Waals surface area contributed by atoms with E-state index < -0.39 is 0 Å². The molecule has 33 heavy (non-hydrogen) atoms. The van der Waals surface area contributed by atoms with Crippen LogP contribution in [0.4, 0.5) is 5.82 Å². The summed E-state index contributed by atoms with van der Waals surface area (Å²) in [6.07, 6.45) is 7.76. The van der Waals surface area contributed by atoms with Crippen LogP contribution in [0.1, 0.15) is 57.9 Å². The van der Waals surface area contributed by atoms with Crippen LogP contribution in [0.2, 0.25) is 0 Å². The Labute approximate surface area is 196 Å². The summed E-state index contributed by atoms with van der Waals surface area (Å²) in [5, 5.41) is 5.56. The van der Waals surface area contributed by atoms with Gasteiger partial charge in [0.05, 0.1) is 11.6 Å². The first-order valence-electron chi connectivity index (χ1n) is 11.4. The van der Waals surface area contributed by atoms with Crippen LogP contribution in [-0.2, 0) is 16.6 Å².